The van der Waals surface area contributed by atoms with Gasteiger partial charge in [-0.2, -0.15) is 0 Å². The van der Waals surface area contributed by atoms with Crippen LogP contribution in [0.2, 0.25) is 0 Å². The molecule has 1 atom stereocenters. The Bertz CT molecular complexity index is 527. The summed E-state index contributed by atoms with van der Waals surface area (Å²) in [6.07, 6.45) is 0. The Hall–Kier alpha value is -1.87. The number of anilines is 1. The minimum absolute atomic E-state index is 0.0855. The summed E-state index contributed by atoms with van der Waals surface area (Å²) in [7, 11) is 0. The van der Waals surface area contributed by atoms with Crippen LogP contribution in [0.4, 0.5) is 10.1 Å². The topological polar surface area (TPSA) is 32.3 Å². The Morgan fingerprint density at radius 1 is 1.17 bits per heavy atom. The lowest BCUT2D eigenvalue weighted by Crippen LogP contribution is -2.15. The van der Waals surface area contributed by atoms with Crippen molar-refractivity contribution in [3.63, 3.8) is 0 Å². The fourth-order valence-electron chi connectivity index (χ4n) is 1.89. The van der Waals surface area contributed by atoms with Crippen molar-refractivity contribution in [3.05, 3.63) is 65.5 Å². The zero-order chi connectivity index (χ0) is 13.0. The number of para-hydroxylation sites is 1. The molecule has 2 nitrogen and oxygen atoms in total. The first-order valence-corrected chi connectivity index (χ1v) is 5.89. The number of benzene rings is 2. The standard InChI is InChI=1S/C15H16FNO/c1-11-5-4-6-12(9-11)15(10-18)17-14-8-3-2-7-13(14)16/h2-9,15,17-18H,10H2,1H3. The maximum Gasteiger partial charge on any atom is 0.146 e. The van der Waals surface area contributed by atoms with Crippen molar-refractivity contribution < 1.29 is 9.50 Å². The molecule has 0 bridgehead atoms. The monoisotopic (exact) mass is 245 g/mol. The van der Waals surface area contributed by atoms with Gasteiger partial charge < -0.3 is 10.4 Å². The predicted octanol–water partition coefficient (Wildman–Crippen LogP) is 3.28. The van der Waals surface area contributed by atoms with Crippen LogP contribution in [-0.4, -0.2) is 11.7 Å². The van der Waals surface area contributed by atoms with E-state index in [1.54, 1.807) is 18.2 Å². The van der Waals surface area contributed by atoms with E-state index in [1.165, 1.54) is 6.07 Å². The van der Waals surface area contributed by atoms with Crippen molar-refractivity contribution in [2.75, 3.05) is 11.9 Å². The molecule has 0 aromatic heterocycles. The summed E-state index contributed by atoms with van der Waals surface area (Å²) in [5, 5.41) is 12.5. The van der Waals surface area contributed by atoms with Crippen LogP contribution in [0.25, 0.3) is 0 Å². The Balaban J connectivity index is 2.23. The van der Waals surface area contributed by atoms with Gasteiger partial charge in [0.05, 0.1) is 18.3 Å². The molecule has 18 heavy (non-hydrogen) atoms. The summed E-state index contributed by atoms with van der Waals surface area (Å²) in [5.41, 5.74) is 2.46. The fraction of sp³-hybridized carbons (Fsp3) is 0.200. The maximum absolute atomic E-state index is 13.5. The minimum Gasteiger partial charge on any atom is -0.394 e. The Kier molecular flexibility index (Phi) is 3.95. The highest BCUT2D eigenvalue weighted by molar-refractivity contribution is 5.47. The second-order valence-electron chi connectivity index (χ2n) is 4.27. The summed E-state index contributed by atoms with van der Waals surface area (Å²) >= 11 is 0. The van der Waals surface area contributed by atoms with Gasteiger partial charge in [0, 0.05) is 0 Å². The van der Waals surface area contributed by atoms with Crippen molar-refractivity contribution in [2.24, 2.45) is 0 Å². The highest BCUT2D eigenvalue weighted by Crippen LogP contribution is 2.22. The van der Waals surface area contributed by atoms with Gasteiger partial charge in [-0.25, -0.2) is 4.39 Å². The van der Waals surface area contributed by atoms with Gasteiger partial charge in [0.15, 0.2) is 0 Å². The van der Waals surface area contributed by atoms with E-state index in [0.717, 1.165) is 11.1 Å². The molecule has 2 rings (SSSR count). The maximum atomic E-state index is 13.5. The molecular weight excluding hydrogens is 229 g/mol. The van der Waals surface area contributed by atoms with Gasteiger partial charge in [-0.3, -0.25) is 0 Å². The van der Waals surface area contributed by atoms with Gasteiger partial charge in [-0.05, 0) is 24.6 Å². The Morgan fingerprint density at radius 3 is 2.61 bits per heavy atom. The van der Waals surface area contributed by atoms with Gasteiger partial charge in [-0.15, -0.1) is 0 Å². The third kappa shape index (κ3) is 2.87. The first-order chi connectivity index (χ1) is 8.70. The van der Waals surface area contributed by atoms with E-state index < -0.39 is 0 Å². The van der Waals surface area contributed by atoms with E-state index in [2.05, 4.69) is 5.32 Å². The number of nitrogens with one attached hydrogen (secondary N) is 1. The van der Waals surface area contributed by atoms with Gasteiger partial charge in [0.25, 0.3) is 0 Å². The lowest BCUT2D eigenvalue weighted by atomic mass is 10.0. The van der Waals surface area contributed by atoms with Crippen LogP contribution >= 0.6 is 0 Å². The third-order valence-corrected chi connectivity index (χ3v) is 2.83. The van der Waals surface area contributed by atoms with Crippen molar-refractivity contribution in [3.8, 4) is 0 Å². The van der Waals surface area contributed by atoms with Gasteiger partial charge >= 0.3 is 0 Å². The van der Waals surface area contributed by atoms with E-state index in [0.29, 0.717) is 5.69 Å². The molecule has 0 saturated heterocycles. The van der Waals surface area contributed by atoms with Crippen LogP contribution in [0.1, 0.15) is 17.2 Å². The van der Waals surface area contributed by atoms with Gasteiger partial charge in [-0.1, -0.05) is 42.0 Å². The molecule has 1 unspecified atom stereocenters. The third-order valence-electron chi connectivity index (χ3n) is 2.83. The summed E-state index contributed by atoms with van der Waals surface area (Å²) < 4.78 is 13.5. The van der Waals surface area contributed by atoms with Crippen LogP contribution in [-0.2, 0) is 0 Å². The lowest BCUT2D eigenvalue weighted by Gasteiger charge is -2.18. The summed E-state index contributed by atoms with van der Waals surface area (Å²) in [6, 6.07) is 14.0. The molecule has 0 spiro atoms. The molecule has 0 amide bonds. The molecule has 0 fully saturated rings. The quantitative estimate of drug-likeness (QED) is 0.866. The smallest absolute Gasteiger partial charge is 0.146 e. The normalized spacial score (nSPS) is 12.2. The van der Waals surface area contributed by atoms with Crippen molar-refractivity contribution in [2.45, 2.75) is 13.0 Å². The predicted molar refractivity (Wildman–Crippen MR) is 71.0 cm³/mol. The van der Waals surface area contributed by atoms with E-state index in [4.69, 9.17) is 0 Å². The molecule has 0 aliphatic carbocycles. The van der Waals surface area contributed by atoms with Gasteiger partial charge in [0.1, 0.15) is 5.82 Å². The molecule has 94 valence electrons. The summed E-state index contributed by atoms with van der Waals surface area (Å²) in [4.78, 5) is 0. The molecule has 2 aromatic carbocycles. The number of aliphatic hydroxyl groups excluding tert-OH is 1. The average Bonchev–Trinajstić information content (AvgIpc) is 2.38. The number of halogens is 1. The summed E-state index contributed by atoms with van der Waals surface area (Å²) in [6.45, 7) is 1.90. The van der Waals surface area contributed by atoms with E-state index >= 15 is 0 Å². The van der Waals surface area contributed by atoms with E-state index in [1.807, 2.05) is 31.2 Å². The second-order valence-corrected chi connectivity index (χ2v) is 4.27. The number of rotatable bonds is 4. The highest BCUT2D eigenvalue weighted by atomic mass is 19.1. The van der Waals surface area contributed by atoms with Crippen molar-refractivity contribution >= 4 is 5.69 Å². The first kappa shape index (κ1) is 12.6. The zero-order valence-corrected chi connectivity index (χ0v) is 10.2. The van der Waals surface area contributed by atoms with E-state index in [9.17, 15) is 9.50 Å². The van der Waals surface area contributed by atoms with Crippen LogP contribution in [0.15, 0.2) is 48.5 Å². The SMILES string of the molecule is Cc1cccc(C(CO)Nc2ccccc2F)c1. The Morgan fingerprint density at radius 2 is 1.94 bits per heavy atom. The number of hydrogen-bond acceptors (Lipinski definition) is 2. The molecular formula is C15H16FNO. The van der Waals surface area contributed by atoms with Crippen LogP contribution in [0.5, 0.6) is 0 Å². The number of hydrogen-bond donors (Lipinski definition) is 2. The van der Waals surface area contributed by atoms with E-state index in [-0.39, 0.29) is 18.5 Å². The highest BCUT2D eigenvalue weighted by Gasteiger charge is 2.12. The molecule has 3 heteroatoms. The zero-order valence-electron chi connectivity index (χ0n) is 10.2. The van der Waals surface area contributed by atoms with Crippen molar-refractivity contribution in [1.82, 2.24) is 0 Å². The van der Waals surface area contributed by atoms with Crippen LogP contribution in [0.3, 0.4) is 0 Å². The minimum atomic E-state index is -0.316. The molecule has 0 aliphatic rings. The molecule has 0 radical (unpaired) electrons. The largest absolute Gasteiger partial charge is 0.394 e. The van der Waals surface area contributed by atoms with Crippen molar-refractivity contribution in [1.29, 1.82) is 0 Å². The molecule has 2 N–H and O–H groups in total. The number of aliphatic hydroxyl groups is 1. The van der Waals surface area contributed by atoms with Crippen LogP contribution < -0.4 is 5.32 Å². The second kappa shape index (κ2) is 5.65. The summed E-state index contributed by atoms with van der Waals surface area (Å²) in [5.74, 6) is -0.316. The fourth-order valence-corrected chi connectivity index (χ4v) is 1.89. The molecule has 0 saturated carbocycles. The molecule has 0 aliphatic heterocycles. The Labute approximate surface area is 106 Å². The first-order valence-electron chi connectivity index (χ1n) is 5.89. The lowest BCUT2D eigenvalue weighted by molar-refractivity contribution is 0.276. The number of aryl methyl sites for hydroxylation is 1. The average molecular weight is 245 g/mol. The van der Waals surface area contributed by atoms with Crippen LogP contribution in [0, 0.1) is 12.7 Å². The molecule has 2 aromatic rings. The molecule has 0 heterocycles. The van der Waals surface area contributed by atoms with Gasteiger partial charge in [0.2, 0.25) is 0 Å².